The zero-order chi connectivity index (χ0) is 23.7. The van der Waals surface area contributed by atoms with Crippen LogP contribution in [0.25, 0.3) is 60.6 Å². The topological polar surface area (TPSA) is 18.1 Å². The fourth-order valence-electron chi connectivity index (χ4n) is 5.90. The average Bonchev–Trinajstić information content (AvgIpc) is 3.38. The number of para-hydroxylation sites is 2. The van der Waals surface area contributed by atoms with Crippen molar-refractivity contribution in [1.29, 1.82) is 0 Å². The first kappa shape index (κ1) is 20.1. The minimum Gasteiger partial charge on any atom is -0.456 e. The summed E-state index contributed by atoms with van der Waals surface area (Å²) < 4.78 is 8.47. The van der Waals surface area contributed by atoms with Gasteiger partial charge in [-0.15, -0.1) is 0 Å². The summed E-state index contributed by atoms with van der Waals surface area (Å²) in [6.07, 6.45) is 0. The molecule has 0 saturated carbocycles. The summed E-state index contributed by atoms with van der Waals surface area (Å²) in [5.41, 5.74) is 12.0. The van der Waals surface area contributed by atoms with E-state index in [1.807, 2.05) is 12.1 Å². The first-order chi connectivity index (χ1) is 17.1. The van der Waals surface area contributed by atoms with E-state index in [0.29, 0.717) is 0 Å². The van der Waals surface area contributed by atoms with Crippen LogP contribution in [0.4, 0.5) is 0 Å². The van der Waals surface area contributed by atoms with Gasteiger partial charge in [0, 0.05) is 27.2 Å². The standard InChI is InChI=1S/C33H25NO/c1-20-16-21(2)33(22(3)17-20)23-12-14-30-27(18-23)25-8-4-6-10-29(25)34(30)24-13-15-32-28(19-24)26-9-5-7-11-31(26)35-32/h4-19H,1-3H3. The van der Waals surface area contributed by atoms with Crippen molar-refractivity contribution in [3.8, 4) is 16.8 Å². The molecule has 0 radical (unpaired) electrons. The minimum atomic E-state index is 0.920. The Balaban J connectivity index is 1.52. The molecule has 0 spiro atoms. The quantitative estimate of drug-likeness (QED) is 0.256. The van der Waals surface area contributed by atoms with Crippen LogP contribution in [0.1, 0.15) is 16.7 Å². The summed E-state index contributed by atoms with van der Waals surface area (Å²) in [6.45, 7) is 6.60. The molecule has 0 saturated heterocycles. The van der Waals surface area contributed by atoms with Gasteiger partial charge in [0.2, 0.25) is 0 Å². The van der Waals surface area contributed by atoms with Gasteiger partial charge in [-0.25, -0.2) is 0 Å². The van der Waals surface area contributed by atoms with Crippen LogP contribution in [0.15, 0.2) is 101 Å². The highest BCUT2D eigenvalue weighted by molar-refractivity contribution is 6.11. The molecular weight excluding hydrogens is 426 g/mol. The third kappa shape index (κ3) is 2.96. The average molecular weight is 452 g/mol. The number of fused-ring (bicyclic) bond motifs is 6. The van der Waals surface area contributed by atoms with E-state index < -0.39 is 0 Å². The molecule has 0 aliphatic heterocycles. The Kier molecular flexibility index (Phi) is 4.22. The van der Waals surface area contributed by atoms with E-state index in [0.717, 1.165) is 27.6 Å². The molecule has 2 heterocycles. The van der Waals surface area contributed by atoms with Crippen LogP contribution < -0.4 is 0 Å². The third-order valence-electron chi connectivity index (χ3n) is 7.26. The lowest BCUT2D eigenvalue weighted by Crippen LogP contribution is -1.94. The predicted molar refractivity (Wildman–Crippen MR) is 148 cm³/mol. The Bertz CT molecular complexity index is 1910. The highest BCUT2D eigenvalue weighted by Crippen LogP contribution is 2.38. The molecule has 0 fully saturated rings. The Morgan fingerprint density at radius 3 is 2.06 bits per heavy atom. The number of aromatic nitrogens is 1. The molecule has 0 amide bonds. The van der Waals surface area contributed by atoms with Crippen molar-refractivity contribution in [2.75, 3.05) is 0 Å². The molecule has 2 nitrogen and oxygen atoms in total. The van der Waals surface area contributed by atoms with Gasteiger partial charge in [-0.2, -0.15) is 0 Å². The number of rotatable bonds is 2. The van der Waals surface area contributed by atoms with Crippen molar-refractivity contribution < 1.29 is 4.42 Å². The molecule has 0 N–H and O–H groups in total. The summed E-state index contributed by atoms with van der Waals surface area (Å²) in [5, 5.41) is 4.84. The monoisotopic (exact) mass is 451 g/mol. The molecule has 5 aromatic carbocycles. The van der Waals surface area contributed by atoms with Crippen LogP contribution in [-0.2, 0) is 0 Å². The van der Waals surface area contributed by atoms with Gasteiger partial charge >= 0.3 is 0 Å². The molecular formula is C33H25NO. The van der Waals surface area contributed by atoms with Gasteiger partial charge in [-0.3, -0.25) is 0 Å². The van der Waals surface area contributed by atoms with Crippen LogP contribution in [0, 0.1) is 20.8 Å². The van der Waals surface area contributed by atoms with Crippen LogP contribution in [0.2, 0.25) is 0 Å². The lowest BCUT2D eigenvalue weighted by atomic mass is 9.93. The Morgan fingerprint density at radius 1 is 0.543 bits per heavy atom. The predicted octanol–water partition coefficient (Wildman–Crippen LogP) is 9.28. The first-order valence-electron chi connectivity index (χ1n) is 12.1. The molecule has 35 heavy (non-hydrogen) atoms. The van der Waals surface area contributed by atoms with Crippen LogP contribution >= 0.6 is 0 Å². The lowest BCUT2D eigenvalue weighted by molar-refractivity contribution is 0.669. The number of nitrogens with zero attached hydrogens (tertiary/aromatic N) is 1. The summed E-state index contributed by atoms with van der Waals surface area (Å²) in [4.78, 5) is 0. The van der Waals surface area contributed by atoms with Gasteiger partial charge in [0.05, 0.1) is 11.0 Å². The van der Waals surface area contributed by atoms with E-state index in [1.54, 1.807) is 0 Å². The number of hydrogen-bond donors (Lipinski definition) is 0. The molecule has 7 aromatic rings. The van der Waals surface area contributed by atoms with Gasteiger partial charge in [0.15, 0.2) is 0 Å². The van der Waals surface area contributed by atoms with Crippen LogP contribution in [0.5, 0.6) is 0 Å². The maximum atomic E-state index is 6.09. The zero-order valence-electron chi connectivity index (χ0n) is 20.1. The summed E-state index contributed by atoms with van der Waals surface area (Å²) in [7, 11) is 0. The van der Waals surface area contributed by atoms with Gasteiger partial charge in [0.1, 0.15) is 11.2 Å². The lowest BCUT2D eigenvalue weighted by Gasteiger charge is -2.13. The molecule has 0 unspecified atom stereocenters. The van der Waals surface area contributed by atoms with E-state index in [9.17, 15) is 0 Å². The van der Waals surface area contributed by atoms with Gasteiger partial charge < -0.3 is 8.98 Å². The molecule has 0 aliphatic carbocycles. The number of furan rings is 1. The summed E-state index contributed by atoms with van der Waals surface area (Å²) >= 11 is 0. The van der Waals surface area contributed by atoms with E-state index >= 15 is 0 Å². The van der Waals surface area contributed by atoms with Crippen molar-refractivity contribution in [1.82, 2.24) is 4.57 Å². The largest absolute Gasteiger partial charge is 0.456 e. The second-order valence-corrected chi connectivity index (χ2v) is 9.64. The summed E-state index contributed by atoms with van der Waals surface area (Å²) in [6, 6.07) is 35.0. The smallest absolute Gasteiger partial charge is 0.135 e. The Morgan fingerprint density at radius 2 is 1.23 bits per heavy atom. The SMILES string of the molecule is Cc1cc(C)c(-c2ccc3c(c2)c2ccccc2n3-c2ccc3oc4ccccc4c3c2)c(C)c1. The molecule has 168 valence electrons. The van der Waals surface area contributed by atoms with Gasteiger partial charge in [0.25, 0.3) is 0 Å². The number of aryl methyl sites for hydroxylation is 3. The van der Waals surface area contributed by atoms with E-state index in [-0.39, 0.29) is 0 Å². The maximum Gasteiger partial charge on any atom is 0.135 e. The maximum absolute atomic E-state index is 6.09. The Labute approximate surface area is 204 Å². The minimum absolute atomic E-state index is 0.920. The fourth-order valence-corrected chi connectivity index (χ4v) is 5.90. The van der Waals surface area contributed by atoms with Crippen molar-refractivity contribution >= 4 is 43.7 Å². The highest BCUT2D eigenvalue weighted by Gasteiger charge is 2.16. The molecule has 2 aromatic heterocycles. The van der Waals surface area contributed by atoms with E-state index in [4.69, 9.17) is 4.42 Å². The fraction of sp³-hybridized carbons (Fsp3) is 0.0909. The second-order valence-electron chi connectivity index (χ2n) is 9.64. The highest BCUT2D eigenvalue weighted by atomic mass is 16.3. The first-order valence-corrected chi connectivity index (χ1v) is 12.1. The van der Waals surface area contributed by atoms with Crippen LogP contribution in [0.3, 0.4) is 0 Å². The molecule has 0 aliphatic rings. The van der Waals surface area contributed by atoms with Gasteiger partial charge in [-0.1, -0.05) is 60.2 Å². The second kappa shape index (κ2) is 7.35. The third-order valence-corrected chi connectivity index (χ3v) is 7.26. The van der Waals surface area contributed by atoms with Gasteiger partial charge in [-0.05, 0) is 85.5 Å². The van der Waals surface area contributed by atoms with Crippen LogP contribution in [-0.4, -0.2) is 4.57 Å². The van der Waals surface area contributed by atoms with E-state index in [1.165, 1.54) is 49.6 Å². The number of benzene rings is 5. The molecule has 7 rings (SSSR count). The zero-order valence-corrected chi connectivity index (χ0v) is 20.1. The number of hydrogen-bond acceptors (Lipinski definition) is 1. The van der Waals surface area contributed by atoms with Crippen molar-refractivity contribution in [3.63, 3.8) is 0 Å². The van der Waals surface area contributed by atoms with E-state index in [2.05, 4.69) is 110 Å². The molecule has 2 heteroatoms. The molecule has 0 atom stereocenters. The van der Waals surface area contributed by atoms with Crippen molar-refractivity contribution in [3.05, 3.63) is 114 Å². The van der Waals surface area contributed by atoms with Crippen molar-refractivity contribution in [2.45, 2.75) is 20.8 Å². The van der Waals surface area contributed by atoms with Crippen molar-refractivity contribution in [2.24, 2.45) is 0 Å². The molecule has 0 bridgehead atoms. The summed E-state index contributed by atoms with van der Waals surface area (Å²) in [5.74, 6) is 0. The Hall–Kier alpha value is -4.30. The normalized spacial score (nSPS) is 11.9.